The van der Waals surface area contributed by atoms with Gasteiger partial charge in [0, 0.05) is 10.5 Å². The summed E-state index contributed by atoms with van der Waals surface area (Å²) in [7, 11) is 0. The molecule has 5 nitrogen and oxygen atoms in total. The molecule has 3 rings (SSSR count). The van der Waals surface area contributed by atoms with E-state index in [0.717, 1.165) is 21.7 Å². The molecule has 2 aromatic carbocycles. The molecule has 140 valence electrons. The van der Waals surface area contributed by atoms with Gasteiger partial charge in [-0.25, -0.2) is 0 Å². The molecular weight excluding hydrogens is 362 g/mol. The van der Waals surface area contributed by atoms with Crippen LogP contribution in [0.3, 0.4) is 0 Å². The number of anilines is 1. The average Bonchev–Trinajstić information content (AvgIpc) is 2.63. The fourth-order valence-corrected chi connectivity index (χ4v) is 3.99. The van der Waals surface area contributed by atoms with Gasteiger partial charge in [0.1, 0.15) is 0 Å². The predicted octanol–water partition coefficient (Wildman–Crippen LogP) is 3.92. The highest BCUT2D eigenvalue weighted by atomic mass is 32.2. The molecule has 1 aliphatic heterocycles. The minimum atomic E-state index is -0.901. The highest BCUT2D eigenvalue weighted by Gasteiger charge is 2.30. The van der Waals surface area contributed by atoms with Crippen LogP contribution >= 0.6 is 11.8 Å². The van der Waals surface area contributed by atoms with Crippen molar-refractivity contribution in [1.82, 2.24) is 0 Å². The van der Waals surface area contributed by atoms with Crippen molar-refractivity contribution in [3.05, 3.63) is 59.2 Å². The van der Waals surface area contributed by atoms with Gasteiger partial charge in [0.25, 0.3) is 0 Å². The second-order valence-electron chi connectivity index (χ2n) is 6.61. The van der Waals surface area contributed by atoms with Crippen LogP contribution in [0, 0.1) is 13.8 Å². The fraction of sp³-hybridized carbons (Fsp3) is 0.286. The van der Waals surface area contributed by atoms with Crippen molar-refractivity contribution in [1.29, 1.82) is 0 Å². The van der Waals surface area contributed by atoms with Gasteiger partial charge in [-0.3, -0.25) is 14.4 Å². The lowest BCUT2D eigenvalue weighted by molar-refractivity contribution is -0.147. The van der Waals surface area contributed by atoms with Crippen LogP contribution in [-0.2, 0) is 14.3 Å². The van der Waals surface area contributed by atoms with Gasteiger partial charge in [0.15, 0.2) is 6.10 Å². The molecule has 0 saturated heterocycles. The SMILES string of the molecule is Cc1ccc(C)c(C(=O)[C@@H](C)OC(=O)C[C@H]2Sc3ccccc3NC2=O)c1. The topological polar surface area (TPSA) is 72.5 Å². The number of hydrogen-bond acceptors (Lipinski definition) is 5. The zero-order valence-corrected chi connectivity index (χ0v) is 16.3. The molecule has 0 fully saturated rings. The number of rotatable bonds is 5. The van der Waals surface area contributed by atoms with Gasteiger partial charge in [-0.05, 0) is 44.5 Å². The van der Waals surface area contributed by atoms with Gasteiger partial charge in [0.05, 0.1) is 17.4 Å². The first-order valence-corrected chi connectivity index (χ1v) is 9.60. The van der Waals surface area contributed by atoms with E-state index in [2.05, 4.69) is 5.32 Å². The van der Waals surface area contributed by atoms with Crippen molar-refractivity contribution in [2.24, 2.45) is 0 Å². The average molecular weight is 383 g/mol. The van der Waals surface area contributed by atoms with Crippen molar-refractivity contribution in [2.75, 3.05) is 5.32 Å². The first-order valence-electron chi connectivity index (χ1n) is 8.72. The van der Waals surface area contributed by atoms with E-state index >= 15 is 0 Å². The van der Waals surface area contributed by atoms with E-state index in [9.17, 15) is 14.4 Å². The maximum absolute atomic E-state index is 12.6. The summed E-state index contributed by atoms with van der Waals surface area (Å²) in [6.45, 7) is 5.32. The second kappa shape index (κ2) is 7.96. The first kappa shape index (κ1) is 19.2. The Labute approximate surface area is 162 Å². The summed E-state index contributed by atoms with van der Waals surface area (Å²) >= 11 is 1.33. The Morgan fingerprint density at radius 3 is 2.70 bits per heavy atom. The first-order chi connectivity index (χ1) is 12.8. The molecule has 0 aliphatic carbocycles. The predicted molar refractivity (Wildman–Crippen MR) is 105 cm³/mol. The molecule has 1 N–H and O–H groups in total. The van der Waals surface area contributed by atoms with E-state index in [-0.39, 0.29) is 18.1 Å². The van der Waals surface area contributed by atoms with Crippen LogP contribution in [0.25, 0.3) is 0 Å². The van der Waals surface area contributed by atoms with Crippen molar-refractivity contribution in [3.8, 4) is 0 Å². The number of amides is 1. The van der Waals surface area contributed by atoms with Crippen LogP contribution in [0.1, 0.15) is 34.8 Å². The third kappa shape index (κ3) is 4.39. The van der Waals surface area contributed by atoms with Crippen LogP contribution in [0.15, 0.2) is 47.4 Å². The van der Waals surface area contributed by atoms with Gasteiger partial charge in [-0.15, -0.1) is 11.8 Å². The Balaban J connectivity index is 1.63. The Morgan fingerprint density at radius 1 is 1.19 bits per heavy atom. The molecule has 1 aliphatic rings. The van der Waals surface area contributed by atoms with E-state index in [4.69, 9.17) is 4.74 Å². The molecule has 2 atom stereocenters. The number of fused-ring (bicyclic) bond motifs is 1. The number of para-hydroxylation sites is 1. The molecule has 0 spiro atoms. The molecule has 27 heavy (non-hydrogen) atoms. The number of hydrogen-bond donors (Lipinski definition) is 1. The highest BCUT2D eigenvalue weighted by Crippen LogP contribution is 2.36. The standard InChI is InChI=1S/C21H21NO4S/c1-12-8-9-13(2)15(10-12)20(24)14(3)26-19(23)11-18-21(25)22-16-6-4-5-7-17(16)27-18/h4-10,14,18H,11H2,1-3H3,(H,22,25)/t14-,18-/m1/s1. The Hall–Kier alpha value is -2.60. The minimum Gasteiger partial charge on any atom is -0.454 e. The summed E-state index contributed by atoms with van der Waals surface area (Å²) in [5.41, 5.74) is 3.10. The highest BCUT2D eigenvalue weighted by molar-refractivity contribution is 8.01. The number of nitrogens with one attached hydrogen (secondary N) is 1. The normalized spacial score (nSPS) is 16.9. The number of carbonyl (C=O) groups is 3. The number of aryl methyl sites for hydroxylation is 2. The third-order valence-electron chi connectivity index (χ3n) is 4.39. The van der Waals surface area contributed by atoms with Crippen LogP contribution < -0.4 is 5.32 Å². The van der Waals surface area contributed by atoms with Gasteiger partial charge < -0.3 is 10.1 Å². The molecule has 2 aromatic rings. The largest absolute Gasteiger partial charge is 0.454 e. The summed E-state index contributed by atoms with van der Waals surface area (Å²) in [6, 6.07) is 13.0. The van der Waals surface area contributed by atoms with Gasteiger partial charge in [-0.2, -0.15) is 0 Å². The van der Waals surface area contributed by atoms with Crippen LogP contribution in [-0.4, -0.2) is 29.0 Å². The fourth-order valence-electron chi connectivity index (χ4n) is 2.90. The summed E-state index contributed by atoms with van der Waals surface area (Å²) in [5.74, 6) is -1.03. The summed E-state index contributed by atoms with van der Waals surface area (Å²) in [6.07, 6.45) is -0.989. The zero-order valence-electron chi connectivity index (χ0n) is 15.4. The number of benzene rings is 2. The van der Waals surface area contributed by atoms with Crippen LogP contribution in [0.4, 0.5) is 5.69 Å². The molecule has 0 radical (unpaired) electrons. The lowest BCUT2D eigenvalue weighted by atomic mass is 9.99. The molecular formula is C21H21NO4S. The van der Waals surface area contributed by atoms with E-state index in [1.165, 1.54) is 11.8 Å². The summed E-state index contributed by atoms with van der Waals surface area (Å²) in [4.78, 5) is 38.0. The lowest BCUT2D eigenvalue weighted by Crippen LogP contribution is -2.33. The van der Waals surface area contributed by atoms with Gasteiger partial charge in [0.2, 0.25) is 11.7 Å². The van der Waals surface area contributed by atoms with E-state index in [1.54, 1.807) is 13.0 Å². The number of thioether (sulfide) groups is 1. The maximum atomic E-state index is 12.6. The van der Waals surface area contributed by atoms with Crippen molar-refractivity contribution >= 4 is 35.1 Å². The maximum Gasteiger partial charge on any atom is 0.308 e. The van der Waals surface area contributed by atoms with Crippen LogP contribution in [0.2, 0.25) is 0 Å². The lowest BCUT2D eigenvalue weighted by Gasteiger charge is -2.23. The Bertz CT molecular complexity index is 909. The summed E-state index contributed by atoms with van der Waals surface area (Å²) < 4.78 is 5.32. The molecule has 1 amide bonds. The minimum absolute atomic E-state index is 0.0880. The van der Waals surface area contributed by atoms with E-state index in [0.29, 0.717) is 5.56 Å². The van der Waals surface area contributed by atoms with Gasteiger partial charge >= 0.3 is 5.97 Å². The summed E-state index contributed by atoms with van der Waals surface area (Å²) in [5, 5.41) is 2.22. The number of carbonyl (C=O) groups excluding carboxylic acids is 3. The zero-order chi connectivity index (χ0) is 19.6. The smallest absolute Gasteiger partial charge is 0.308 e. The molecule has 6 heteroatoms. The number of ketones is 1. The van der Waals surface area contributed by atoms with E-state index < -0.39 is 17.3 Å². The molecule has 1 heterocycles. The molecule has 0 bridgehead atoms. The van der Waals surface area contributed by atoms with Crippen LogP contribution in [0.5, 0.6) is 0 Å². The number of esters is 1. The Kier molecular flexibility index (Phi) is 5.65. The number of Topliss-reactive ketones (excluding diaryl/α,β-unsaturated/α-hetero) is 1. The third-order valence-corrected chi connectivity index (χ3v) is 5.67. The monoisotopic (exact) mass is 383 g/mol. The van der Waals surface area contributed by atoms with Crippen molar-refractivity contribution < 1.29 is 19.1 Å². The van der Waals surface area contributed by atoms with E-state index in [1.807, 2.05) is 50.2 Å². The molecule has 0 saturated carbocycles. The van der Waals surface area contributed by atoms with Crippen molar-refractivity contribution in [3.63, 3.8) is 0 Å². The quantitative estimate of drug-likeness (QED) is 0.626. The van der Waals surface area contributed by atoms with Crippen molar-refractivity contribution in [2.45, 2.75) is 43.4 Å². The molecule has 0 unspecified atom stereocenters. The molecule has 0 aromatic heterocycles. The van der Waals surface area contributed by atoms with Gasteiger partial charge in [-0.1, -0.05) is 29.8 Å². The number of ether oxygens (including phenoxy) is 1. The second-order valence-corrected chi connectivity index (χ2v) is 7.86. The Morgan fingerprint density at radius 2 is 1.93 bits per heavy atom.